The third-order valence-corrected chi connectivity index (χ3v) is 4.83. The average molecular weight is 343 g/mol. The van der Waals surface area contributed by atoms with Crippen LogP contribution >= 0.6 is 11.3 Å². The highest BCUT2D eigenvalue weighted by Gasteiger charge is 2.12. The Morgan fingerprint density at radius 1 is 1.42 bits per heavy atom. The Morgan fingerprint density at radius 2 is 2.29 bits per heavy atom. The lowest BCUT2D eigenvalue weighted by atomic mass is 10.3. The molecule has 0 radical (unpaired) electrons. The first-order valence-corrected chi connectivity index (χ1v) is 8.89. The molecule has 3 rings (SSSR count). The minimum atomic E-state index is -0.146. The van der Waals surface area contributed by atoms with Gasteiger partial charge in [-0.3, -0.25) is 9.89 Å². The van der Waals surface area contributed by atoms with Crippen LogP contribution in [0.4, 0.5) is 0 Å². The van der Waals surface area contributed by atoms with Crippen LogP contribution in [0.2, 0.25) is 0 Å². The summed E-state index contributed by atoms with van der Waals surface area (Å²) in [6.45, 7) is 5.61. The van der Waals surface area contributed by atoms with Crippen molar-refractivity contribution in [3.63, 3.8) is 0 Å². The minimum absolute atomic E-state index is 0.146. The van der Waals surface area contributed by atoms with Crippen LogP contribution in [0.5, 0.6) is 0 Å². The summed E-state index contributed by atoms with van der Waals surface area (Å²) < 4.78 is 2.12. The highest BCUT2D eigenvalue weighted by Crippen LogP contribution is 2.26. The Bertz CT molecular complexity index is 816. The molecule has 0 unspecified atom stereocenters. The minimum Gasteiger partial charge on any atom is -0.351 e. The number of carbonyl (C=O) groups is 1. The molecule has 7 heteroatoms. The number of nitrogens with zero attached hydrogens (tertiary/aromatic N) is 3. The first kappa shape index (κ1) is 16.4. The van der Waals surface area contributed by atoms with E-state index in [0.29, 0.717) is 12.2 Å². The van der Waals surface area contributed by atoms with Gasteiger partial charge in [0.2, 0.25) is 0 Å². The molecule has 3 heterocycles. The Balaban J connectivity index is 1.50. The fourth-order valence-corrected chi connectivity index (χ4v) is 3.38. The molecule has 0 aliphatic carbocycles. The number of hydrogen-bond donors (Lipinski definition) is 2. The van der Waals surface area contributed by atoms with Gasteiger partial charge in [0.05, 0.1) is 10.6 Å². The lowest BCUT2D eigenvalue weighted by Crippen LogP contribution is -2.25. The third kappa shape index (κ3) is 3.73. The van der Waals surface area contributed by atoms with Gasteiger partial charge in [0.1, 0.15) is 5.82 Å². The summed E-state index contributed by atoms with van der Waals surface area (Å²) >= 11 is 1.68. The smallest absolute Gasteiger partial charge is 0.271 e. The molecule has 0 aliphatic rings. The number of carbonyl (C=O) groups excluding carboxylic acids is 1. The highest BCUT2D eigenvalue weighted by molar-refractivity contribution is 7.15. The Labute approximate surface area is 144 Å². The lowest BCUT2D eigenvalue weighted by molar-refractivity contribution is 0.0947. The maximum absolute atomic E-state index is 12.2. The van der Waals surface area contributed by atoms with Crippen molar-refractivity contribution >= 4 is 17.2 Å². The molecular weight excluding hydrogens is 322 g/mol. The second-order valence-corrected chi connectivity index (χ2v) is 6.86. The Hall–Kier alpha value is -2.41. The summed E-state index contributed by atoms with van der Waals surface area (Å²) in [7, 11) is 0. The van der Waals surface area contributed by atoms with Gasteiger partial charge in [-0.05, 0) is 31.5 Å². The van der Waals surface area contributed by atoms with Crippen molar-refractivity contribution in [1.82, 2.24) is 25.1 Å². The van der Waals surface area contributed by atoms with Crippen molar-refractivity contribution in [3.05, 3.63) is 47.0 Å². The van der Waals surface area contributed by atoms with Crippen LogP contribution < -0.4 is 5.32 Å². The van der Waals surface area contributed by atoms with E-state index in [-0.39, 0.29) is 5.91 Å². The molecule has 2 N–H and O–H groups in total. The van der Waals surface area contributed by atoms with Crippen molar-refractivity contribution in [3.8, 4) is 10.6 Å². The summed E-state index contributed by atoms with van der Waals surface area (Å²) in [5, 5.41) is 9.96. The van der Waals surface area contributed by atoms with Gasteiger partial charge in [0.25, 0.3) is 5.91 Å². The number of H-pyrrole nitrogens is 1. The number of amides is 1. The first-order chi connectivity index (χ1) is 11.7. The van der Waals surface area contributed by atoms with E-state index in [9.17, 15) is 4.79 Å². The maximum atomic E-state index is 12.2. The van der Waals surface area contributed by atoms with Crippen molar-refractivity contribution in [1.29, 1.82) is 0 Å². The summed E-state index contributed by atoms with van der Waals surface area (Å²) in [4.78, 5) is 18.8. The van der Waals surface area contributed by atoms with E-state index in [1.807, 2.05) is 18.5 Å². The molecule has 0 saturated heterocycles. The van der Waals surface area contributed by atoms with Gasteiger partial charge in [-0.15, -0.1) is 11.3 Å². The molecule has 0 spiro atoms. The molecule has 24 heavy (non-hydrogen) atoms. The van der Waals surface area contributed by atoms with Crippen LogP contribution in [0.1, 0.15) is 34.5 Å². The van der Waals surface area contributed by atoms with E-state index in [0.717, 1.165) is 35.8 Å². The van der Waals surface area contributed by atoms with Gasteiger partial charge in [0.15, 0.2) is 5.69 Å². The zero-order valence-corrected chi connectivity index (χ0v) is 14.7. The quantitative estimate of drug-likeness (QED) is 0.648. The van der Waals surface area contributed by atoms with Gasteiger partial charge in [-0.1, -0.05) is 6.92 Å². The van der Waals surface area contributed by atoms with E-state index in [1.54, 1.807) is 17.4 Å². The first-order valence-electron chi connectivity index (χ1n) is 8.08. The molecule has 6 nitrogen and oxygen atoms in total. The predicted molar refractivity (Wildman–Crippen MR) is 95.2 cm³/mol. The molecule has 3 aromatic heterocycles. The summed E-state index contributed by atoms with van der Waals surface area (Å²) in [5.74, 6) is 0.927. The van der Waals surface area contributed by atoms with Crippen LogP contribution in [-0.2, 0) is 13.0 Å². The van der Waals surface area contributed by atoms with E-state index in [1.165, 1.54) is 4.88 Å². The molecule has 0 atom stereocenters. The average Bonchev–Trinajstić information content (AvgIpc) is 3.30. The van der Waals surface area contributed by atoms with Gasteiger partial charge in [0, 0.05) is 36.8 Å². The van der Waals surface area contributed by atoms with E-state index < -0.39 is 0 Å². The van der Waals surface area contributed by atoms with Gasteiger partial charge in [-0.2, -0.15) is 5.10 Å². The van der Waals surface area contributed by atoms with E-state index in [4.69, 9.17) is 0 Å². The number of aromatic nitrogens is 4. The summed E-state index contributed by atoms with van der Waals surface area (Å²) in [6.07, 6.45) is 5.56. The zero-order chi connectivity index (χ0) is 16.9. The lowest BCUT2D eigenvalue weighted by Gasteiger charge is -2.06. The standard InChI is InChI=1S/C17H21N5OS/c1-3-16-18-8-10-22(16)9-4-7-19-17(23)14-11-13(20-21-14)15-6-5-12(2)24-15/h5-6,8,10-11H,3-4,7,9H2,1-2H3,(H,19,23)(H,20,21). The van der Waals surface area contributed by atoms with E-state index >= 15 is 0 Å². The van der Waals surface area contributed by atoms with Gasteiger partial charge < -0.3 is 9.88 Å². The van der Waals surface area contributed by atoms with Crippen molar-refractivity contribution in [2.45, 2.75) is 33.2 Å². The molecule has 0 aromatic carbocycles. The number of aromatic amines is 1. The number of nitrogens with one attached hydrogen (secondary N) is 2. The normalized spacial score (nSPS) is 10.9. The predicted octanol–water partition coefficient (Wildman–Crippen LogP) is 3.03. The number of thiophene rings is 1. The number of hydrogen-bond acceptors (Lipinski definition) is 4. The Morgan fingerprint density at radius 3 is 3.04 bits per heavy atom. The molecular formula is C17H21N5OS. The highest BCUT2D eigenvalue weighted by atomic mass is 32.1. The third-order valence-electron chi connectivity index (χ3n) is 3.80. The molecule has 0 saturated carbocycles. The number of imidazole rings is 1. The molecule has 0 bridgehead atoms. The topological polar surface area (TPSA) is 75.6 Å². The number of aryl methyl sites for hydroxylation is 3. The maximum Gasteiger partial charge on any atom is 0.271 e. The molecule has 126 valence electrons. The van der Waals surface area contributed by atoms with Gasteiger partial charge >= 0.3 is 0 Å². The molecule has 1 amide bonds. The van der Waals surface area contributed by atoms with Crippen LogP contribution in [0.25, 0.3) is 10.6 Å². The van der Waals surface area contributed by atoms with Crippen molar-refractivity contribution in [2.24, 2.45) is 0 Å². The van der Waals surface area contributed by atoms with Crippen molar-refractivity contribution < 1.29 is 4.79 Å². The van der Waals surface area contributed by atoms with E-state index in [2.05, 4.69) is 45.0 Å². The molecule has 3 aromatic rings. The second kappa shape index (κ2) is 7.44. The summed E-state index contributed by atoms with van der Waals surface area (Å²) in [5.41, 5.74) is 1.30. The fourth-order valence-electron chi connectivity index (χ4n) is 2.54. The van der Waals surface area contributed by atoms with Crippen LogP contribution in [-0.4, -0.2) is 32.2 Å². The SMILES string of the molecule is CCc1nccn1CCCNC(=O)c1cc(-c2ccc(C)s2)[nH]n1. The molecule has 0 aliphatic heterocycles. The molecule has 0 fully saturated rings. The van der Waals surface area contributed by atoms with Crippen molar-refractivity contribution in [2.75, 3.05) is 6.54 Å². The summed E-state index contributed by atoms with van der Waals surface area (Å²) in [6, 6.07) is 5.89. The van der Waals surface area contributed by atoms with Crippen LogP contribution in [0, 0.1) is 6.92 Å². The monoisotopic (exact) mass is 343 g/mol. The number of rotatable bonds is 7. The zero-order valence-electron chi connectivity index (χ0n) is 13.9. The van der Waals surface area contributed by atoms with Crippen LogP contribution in [0.15, 0.2) is 30.6 Å². The second-order valence-electron chi connectivity index (χ2n) is 5.58. The fraction of sp³-hybridized carbons (Fsp3) is 0.353. The Kier molecular flexibility index (Phi) is 5.10. The van der Waals surface area contributed by atoms with Crippen LogP contribution in [0.3, 0.4) is 0 Å². The van der Waals surface area contributed by atoms with Gasteiger partial charge in [-0.25, -0.2) is 4.98 Å². The largest absolute Gasteiger partial charge is 0.351 e.